The van der Waals surface area contributed by atoms with Gasteiger partial charge in [0, 0.05) is 30.6 Å². The lowest BCUT2D eigenvalue weighted by Crippen LogP contribution is -2.17. The molecule has 0 aliphatic rings. The zero-order valence-corrected chi connectivity index (χ0v) is 21.1. The highest BCUT2D eigenvalue weighted by Crippen LogP contribution is 2.35. The molecule has 4 rings (SSSR count). The van der Waals surface area contributed by atoms with Gasteiger partial charge in [-0.05, 0) is 78.9 Å². The van der Waals surface area contributed by atoms with Crippen LogP contribution in [-0.4, -0.2) is 35.0 Å². The third kappa shape index (κ3) is 5.43. The summed E-state index contributed by atoms with van der Waals surface area (Å²) in [4.78, 5) is 25.4. The van der Waals surface area contributed by atoms with Gasteiger partial charge in [0.05, 0.1) is 12.8 Å². The molecule has 3 N–H and O–H groups in total. The fourth-order valence-corrected chi connectivity index (χ4v) is 3.84. The molecule has 0 aliphatic heterocycles. The summed E-state index contributed by atoms with van der Waals surface area (Å²) in [6.07, 6.45) is 4.49. The molecule has 0 fully saturated rings. The summed E-state index contributed by atoms with van der Waals surface area (Å²) in [5, 5.41) is 9.23. The largest absolute Gasteiger partial charge is 0.495 e. The molecule has 0 saturated heterocycles. The first-order valence-electron chi connectivity index (χ1n) is 11.8. The van der Waals surface area contributed by atoms with Gasteiger partial charge in [-0.1, -0.05) is 19.1 Å². The Morgan fingerprint density at radius 2 is 1.75 bits per heavy atom. The molecule has 0 aliphatic carbocycles. The van der Waals surface area contributed by atoms with Crippen molar-refractivity contribution in [3.8, 4) is 16.9 Å². The van der Waals surface area contributed by atoms with Gasteiger partial charge in [-0.15, -0.1) is 0 Å². The summed E-state index contributed by atoms with van der Waals surface area (Å²) >= 11 is 0. The van der Waals surface area contributed by atoms with Crippen LogP contribution in [0, 0.1) is 13.8 Å². The number of aromatic nitrogens is 3. The standard InChI is InChI=1S/C28H30N6O2/c1-6-19-11-12-30-25(14-19)33-26-18(3)16-31-28(34-26)32-23-13-17(2)22(15-24(23)36-5)20-7-9-21(10-8-20)27(35)29-4/h7-16H,6H2,1-5H3,(H,29,35)(H2,30,31,32,33,34). The highest BCUT2D eigenvalue weighted by molar-refractivity contribution is 5.94. The zero-order chi connectivity index (χ0) is 25.7. The number of carbonyl (C=O) groups excluding carboxylic acids is 1. The van der Waals surface area contributed by atoms with E-state index in [9.17, 15) is 4.79 Å². The topological polar surface area (TPSA) is 101 Å². The number of carbonyl (C=O) groups is 1. The lowest BCUT2D eigenvalue weighted by atomic mass is 9.98. The van der Waals surface area contributed by atoms with E-state index < -0.39 is 0 Å². The number of nitrogens with one attached hydrogen (secondary N) is 3. The summed E-state index contributed by atoms with van der Waals surface area (Å²) in [6.45, 7) is 6.09. The van der Waals surface area contributed by atoms with Crippen LogP contribution in [0.5, 0.6) is 5.75 Å². The molecule has 0 atom stereocenters. The highest BCUT2D eigenvalue weighted by Gasteiger charge is 2.13. The Morgan fingerprint density at radius 3 is 2.44 bits per heavy atom. The predicted molar refractivity (Wildman–Crippen MR) is 144 cm³/mol. The van der Waals surface area contributed by atoms with Gasteiger partial charge >= 0.3 is 0 Å². The summed E-state index contributed by atoms with van der Waals surface area (Å²) in [5.74, 6) is 2.40. The smallest absolute Gasteiger partial charge is 0.251 e. The maximum Gasteiger partial charge on any atom is 0.251 e. The van der Waals surface area contributed by atoms with Crippen molar-refractivity contribution in [2.75, 3.05) is 24.8 Å². The van der Waals surface area contributed by atoms with E-state index in [1.807, 2.05) is 62.4 Å². The van der Waals surface area contributed by atoms with Crippen LogP contribution in [0.25, 0.3) is 11.1 Å². The number of hydrogen-bond donors (Lipinski definition) is 3. The minimum Gasteiger partial charge on any atom is -0.495 e. The van der Waals surface area contributed by atoms with Crippen LogP contribution in [0.1, 0.15) is 34.0 Å². The van der Waals surface area contributed by atoms with E-state index in [4.69, 9.17) is 4.74 Å². The number of aryl methyl sites for hydroxylation is 3. The summed E-state index contributed by atoms with van der Waals surface area (Å²) in [6, 6.07) is 15.5. The molecule has 0 unspecified atom stereocenters. The Balaban J connectivity index is 1.60. The average Bonchev–Trinajstić information content (AvgIpc) is 2.90. The van der Waals surface area contributed by atoms with Crippen molar-refractivity contribution in [2.45, 2.75) is 27.2 Å². The van der Waals surface area contributed by atoms with Crippen LogP contribution in [0.3, 0.4) is 0 Å². The van der Waals surface area contributed by atoms with Crippen molar-refractivity contribution in [2.24, 2.45) is 0 Å². The predicted octanol–water partition coefficient (Wildman–Crippen LogP) is 5.57. The number of nitrogens with zero attached hydrogens (tertiary/aromatic N) is 3. The molecule has 2 aromatic carbocycles. The van der Waals surface area contributed by atoms with Crippen LogP contribution >= 0.6 is 0 Å². The highest BCUT2D eigenvalue weighted by atomic mass is 16.5. The molecule has 8 heteroatoms. The monoisotopic (exact) mass is 482 g/mol. The minimum atomic E-state index is -0.115. The Labute approximate surface area is 211 Å². The van der Waals surface area contributed by atoms with E-state index in [0.717, 1.165) is 40.2 Å². The third-order valence-corrected chi connectivity index (χ3v) is 5.93. The van der Waals surface area contributed by atoms with Gasteiger partial charge < -0.3 is 20.7 Å². The zero-order valence-electron chi connectivity index (χ0n) is 21.1. The number of amides is 1. The number of anilines is 4. The van der Waals surface area contributed by atoms with E-state index in [1.165, 1.54) is 5.56 Å². The molecule has 184 valence electrons. The van der Waals surface area contributed by atoms with E-state index in [1.54, 1.807) is 26.6 Å². The third-order valence-electron chi connectivity index (χ3n) is 5.93. The van der Waals surface area contributed by atoms with Crippen molar-refractivity contribution in [1.82, 2.24) is 20.3 Å². The fraction of sp³-hybridized carbons (Fsp3) is 0.214. The van der Waals surface area contributed by atoms with Crippen molar-refractivity contribution in [3.05, 3.63) is 83.2 Å². The van der Waals surface area contributed by atoms with Gasteiger partial charge in [0.15, 0.2) is 0 Å². The molecule has 2 aromatic heterocycles. The SMILES string of the molecule is CCc1ccnc(Nc2nc(Nc3cc(C)c(-c4ccc(C(=O)NC)cc4)cc3OC)ncc2C)c1. The molecule has 0 radical (unpaired) electrons. The second kappa shape index (κ2) is 10.9. The van der Waals surface area contributed by atoms with Gasteiger partial charge in [0.1, 0.15) is 17.4 Å². The molecular weight excluding hydrogens is 452 g/mol. The number of hydrogen-bond acceptors (Lipinski definition) is 7. The Bertz CT molecular complexity index is 1390. The van der Waals surface area contributed by atoms with E-state index >= 15 is 0 Å². The van der Waals surface area contributed by atoms with Crippen molar-refractivity contribution in [3.63, 3.8) is 0 Å². The molecule has 0 saturated carbocycles. The number of methoxy groups -OCH3 is 1. The summed E-state index contributed by atoms with van der Waals surface area (Å²) in [7, 11) is 3.25. The van der Waals surface area contributed by atoms with E-state index in [2.05, 4.69) is 37.8 Å². The lowest BCUT2D eigenvalue weighted by molar-refractivity contribution is 0.0963. The minimum absolute atomic E-state index is 0.115. The molecule has 1 amide bonds. The van der Waals surface area contributed by atoms with Gasteiger partial charge in [0.25, 0.3) is 5.91 Å². The Morgan fingerprint density at radius 1 is 0.972 bits per heavy atom. The normalized spacial score (nSPS) is 10.6. The molecule has 8 nitrogen and oxygen atoms in total. The second-order valence-electron chi connectivity index (χ2n) is 8.40. The van der Waals surface area contributed by atoms with E-state index in [-0.39, 0.29) is 5.91 Å². The Hall–Kier alpha value is -4.46. The van der Waals surface area contributed by atoms with Crippen molar-refractivity contribution in [1.29, 1.82) is 0 Å². The quantitative estimate of drug-likeness (QED) is 0.302. The first-order valence-corrected chi connectivity index (χ1v) is 11.8. The van der Waals surface area contributed by atoms with Crippen LogP contribution < -0.4 is 20.7 Å². The maximum absolute atomic E-state index is 11.9. The first kappa shape index (κ1) is 24.7. The van der Waals surface area contributed by atoms with Crippen molar-refractivity contribution >= 4 is 29.2 Å². The van der Waals surface area contributed by atoms with Crippen LogP contribution in [0.2, 0.25) is 0 Å². The molecule has 0 spiro atoms. The van der Waals surface area contributed by atoms with Crippen molar-refractivity contribution < 1.29 is 9.53 Å². The molecule has 0 bridgehead atoms. The number of benzene rings is 2. The van der Waals surface area contributed by atoms with Crippen LogP contribution in [0.15, 0.2) is 60.9 Å². The molecule has 4 aromatic rings. The lowest BCUT2D eigenvalue weighted by Gasteiger charge is -2.16. The van der Waals surface area contributed by atoms with Gasteiger partial charge in [-0.2, -0.15) is 4.98 Å². The van der Waals surface area contributed by atoms with Crippen LogP contribution in [0.4, 0.5) is 23.3 Å². The Kier molecular flexibility index (Phi) is 7.44. The van der Waals surface area contributed by atoms with Crippen LogP contribution in [-0.2, 0) is 6.42 Å². The van der Waals surface area contributed by atoms with E-state index in [0.29, 0.717) is 23.1 Å². The number of ether oxygens (including phenoxy) is 1. The number of pyridine rings is 1. The maximum atomic E-state index is 11.9. The average molecular weight is 483 g/mol. The first-order chi connectivity index (χ1) is 17.4. The second-order valence-corrected chi connectivity index (χ2v) is 8.40. The summed E-state index contributed by atoms with van der Waals surface area (Å²) in [5.41, 5.74) is 6.50. The fourth-order valence-electron chi connectivity index (χ4n) is 3.84. The van der Waals surface area contributed by atoms with Gasteiger partial charge in [0.2, 0.25) is 5.95 Å². The number of rotatable bonds is 8. The molecule has 36 heavy (non-hydrogen) atoms. The molecular formula is C28H30N6O2. The van der Waals surface area contributed by atoms with Gasteiger partial charge in [-0.3, -0.25) is 4.79 Å². The summed E-state index contributed by atoms with van der Waals surface area (Å²) < 4.78 is 5.68. The molecule has 2 heterocycles. The van der Waals surface area contributed by atoms with Gasteiger partial charge in [-0.25, -0.2) is 9.97 Å².